The van der Waals surface area contributed by atoms with Crippen molar-refractivity contribution < 1.29 is 0 Å². The molecule has 0 amide bonds. The lowest BCUT2D eigenvalue weighted by atomic mass is 9.91. The molecule has 1 unspecified atom stereocenters. The number of hydrogen-bond donors (Lipinski definition) is 1. The van der Waals surface area contributed by atoms with Gasteiger partial charge in [-0.05, 0) is 51.1 Å². The molecule has 0 aromatic rings. The van der Waals surface area contributed by atoms with Gasteiger partial charge in [0.25, 0.3) is 0 Å². The topological polar surface area (TPSA) is 15.3 Å². The van der Waals surface area contributed by atoms with Crippen LogP contribution < -0.4 is 5.32 Å². The van der Waals surface area contributed by atoms with Gasteiger partial charge in [-0.15, -0.1) is 0 Å². The van der Waals surface area contributed by atoms with E-state index in [1.54, 1.807) is 0 Å². The SMILES string of the molecule is CCCC1CCN(C(CCC)CNC2CC2)CC1. The molecule has 1 aliphatic carbocycles. The second-order valence-electron chi connectivity index (χ2n) is 6.39. The molecule has 2 aliphatic rings. The molecule has 1 heterocycles. The smallest absolute Gasteiger partial charge is 0.0220 e. The summed E-state index contributed by atoms with van der Waals surface area (Å²) in [5.41, 5.74) is 0. The highest BCUT2D eigenvalue weighted by Crippen LogP contribution is 2.25. The Morgan fingerprint density at radius 2 is 1.78 bits per heavy atom. The van der Waals surface area contributed by atoms with Crippen LogP contribution in [0.15, 0.2) is 0 Å². The van der Waals surface area contributed by atoms with Gasteiger partial charge in [-0.1, -0.05) is 33.1 Å². The normalized spacial score (nSPS) is 24.3. The molecule has 18 heavy (non-hydrogen) atoms. The molecule has 1 N–H and O–H groups in total. The van der Waals surface area contributed by atoms with Crippen LogP contribution in [0.1, 0.15) is 65.2 Å². The molecule has 106 valence electrons. The Kier molecular flexibility index (Phi) is 5.97. The molecule has 1 atom stereocenters. The number of likely N-dealkylation sites (tertiary alicyclic amines) is 1. The zero-order valence-electron chi connectivity index (χ0n) is 12.5. The van der Waals surface area contributed by atoms with E-state index in [4.69, 9.17) is 0 Å². The molecule has 2 rings (SSSR count). The first-order valence-corrected chi connectivity index (χ1v) is 8.30. The average molecular weight is 252 g/mol. The maximum atomic E-state index is 3.73. The van der Waals surface area contributed by atoms with Crippen molar-refractivity contribution in [1.82, 2.24) is 10.2 Å². The quantitative estimate of drug-likeness (QED) is 0.712. The van der Waals surface area contributed by atoms with Crippen molar-refractivity contribution in [3.8, 4) is 0 Å². The Labute approximate surface area is 114 Å². The first kappa shape index (κ1) is 14.3. The Morgan fingerprint density at radius 1 is 1.06 bits per heavy atom. The summed E-state index contributed by atoms with van der Waals surface area (Å²) in [7, 11) is 0. The Morgan fingerprint density at radius 3 is 2.33 bits per heavy atom. The third kappa shape index (κ3) is 4.55. The summed E-state index contributed by atoms with van der Waals surface area (Å²) in [6.07, 6.45) is 11.2. The molecule has 2 fully saturated rings. The van der Waals surface area contributed by atoms with Gasteiger partial charge < -0.3 is 5.32 Å². The first-order valence-electron chi connectivity index (χ1n) is 8.30. The summed E-state index contributed by atoms with van der Waals surface area (Å²) in [6, 6.07) is 1.67. The third-order valence-electron chi connectivity index (χ3n) is 4.70. The Hall–Kier alpha value is -0.0800. The van der Waals surface area contributed by atoms with Crippen molar-refractivity contribution in [3.05, 3.63) is 0 Å². The van der Waals surface area contributed by atoms with Crippen molar-refractivity contribution in [1.29, 1.82) is 0 Å². The maximum absolute atomic E-state index is 3.73. The number of nitrogens with one attached hydrogen (secondary N) is 1. The number of piperidine rings is 1. The minimum Gasteiger partial charge on any atom is -0.312 e. The molecule has 2 heteroatoms. The predicted molar refractivity (Wildman–Crippen MR) is 78.9 cm³/mol. The van der Waals surface area contributed by atoms with E-state index < -0.39 is 0 Å². The Balaban J connectivity index is 1.72. The van der Waals surface area contributed by atoms with Gasteiger partial charge in [0.2, 0.25) is 0 Å². The fourth-order valence-corrected chi connectivity index (χ4v) is 3.35. The monoisotopic (exact) mass is 252 g/mol. The van der Waals surface area contributed by atoms with Gasteiger partial charge in [-0.25, -0.2) is 0 Å². The molecule has 0 aromatic carbocycles. The van der Waals surface area contributed by atoms with Gasteiger partial charge in [-0.3, -0.25) is 4.90 Å². The lowest BCUT2D eigenvalue weighted by molar-refractivity contribution is 0.120. The zero-order chi connectivity index (χ0) is 12.8. The largest absolute Gasteiger partial charge is 0.312 e. The molecule has 1 saturated carbocycles. The zero-order valence-corrected chi connectivity index (χ0v) is 12.5. The van der Waals surface area contributed by atoms with Crippen LogP contribution in [0.2, 0.25) is 0 Å². The highest BCUT2D eigenvalue weighted by Gasteiger charge is 2.26. The van der Waals surface area contributed by atoms with Crippen LogP contribution in [-0.4, -0.2) is 36.6 Å². The lowest BCUT2D eigenvalue weighted by Crippen LogP contribution is -2.46. The minimum absolute atomic E-state index is 0.804. The minimum atomic E-state index is 0.804. The van der Waals surface area contributed by atoms with Gasteiger partial charge >= 0.3 is 0 Å². The van der Waals surface area contributed by atoms with Gasteiger partial charge in [-0.2, -0.15) is 0 Å². The second kappa shape index (κ2) is 7.49. The fourth-order valence-electron chi connectivity index (χ4n) is 3.35. The summed E-state index contributed by atoms with van der Waals surface area (Å²) in [5, 5.41) is 3.73. The van der Waals surface area contributed by atoms with E-state index in [9.17, 15) is 0 Å². The summed E-state index contributed by atoms with van der Waals surface area (Å²) >= 11 is 0. The molecule has 0 aromatic heterocycles. The van der Waals surface area contributed by atoms with E-state index >= 15 is 0 Å². The van der Waals surface area contributed by atoms with Crippen LogP contribution in [-0.2, 0) is 0 Å². The summed E-state index contributed by atoms with van der Waals surface area (Å²) in [4.78, 5) is 2.77. The molecule has 1 aliphatic heterocycles. The fraction of sp³-hybridized carbons (Fsp3) is 1.00. The van der Waals surface area contributed by atoms with E-state index in [1.807, 2.05) is 0 Å². The van der Waals surface area contributed by atoms with Crippen molar-refractivity contribution in [2.75, 3.05) is 19.6 Å². The standard InChI is InChI=1S/C16H32N2/c1-3-5-14-9-11-18(12-10-14)16(6-4-2)13-17-15-7-8-15/h14-17H,3-13H2,1-2H3. The van der Waals surface area contributed by atoms with E-state index in [2.05, 4.69) is 24.1 Å². The average Bonchev–Trinajstić information content (AvgIpc) is 3.20. The lowest BCUT2D eigenvalue weighted by Gasteiger charge is -2.38. The summed E-state index contributed by atoms with van der Waals surface area (Å²) < 4.78 is 0. The van der Waals surface area contributed by atoms with E-state index in [0.717, 1.165) is 18.0 Å². The van der Waals surface area contributed by atoms with Crippen molar-refractivity contribution in [2.45, 2.75) is 77.3 Å². The number of hydrogen-bond acceptors (Lipinski definition) is 2. The van der Waals surface area contributed by atoms with Crippen LogP contribution in [0.5, 0.6) is 0 Å². The maximum Gasteiger partial charge on any atom is 0.0220 e. The molecular formula is C16H32N2. The van der Waals surface area contributed by atoms with Gasteiger partial charge in [0.15, 0.2) is 0 Å². The molecule has 0 radical (unpaired) electrons. The van der Waals surface area contributed by atoms with Gasteiger partial charge in [0.05, 0.1) is 0 Å². The molecule has 0 spiro atoms. The molecular weight excluding hydrogens is 220 g/mol. The number of nitrogens with zero attached hydrogens (tertiary/aromatic N) is 1. The van der Waals surface area contributed by atoms with Crippen LogP contribution in [0, 0.1) is 5.92 Å². The molecule has 0 bridgehead atoms. The summed E-state index contributed by atoms with van der Waals surface area (Å²) in [5.74, 6) is 1.02. The van der Waals surface area contributed by atoms with Crippen LogP contribution in [0.25, 0.3) is 0 Å². The first-order chi connectivity index (χ1) is 8.83. The Bertz CT molecular complexity index is 217. The van der Waals surface area contributed by atoms with Crippen LogP contribution in [0.4, 0.5) is 0 Å². The van der Waals surface area contributed by atoms with Crippen LogP contribution in [0.3, 0.4) is 0 Å². The van der Waals surface area contributed by atoms with Crippen LogP contribution >= 0.6 is 0 Å². The van der Waals surface area contributed by atoms with E-state index in [-0.39, 0.29) is 0 Å². The summed E-state index contributed by atoms with van der Waals surface area (Å²) in [6.45, 7) is 8.58. The third-order valence-corrected chi connectivity index (χ3v) is 4.70. The number of rotatable bonds is 8. The van der Waals surface area contributed by atoms with Crippen molar-refractivity contribution in [3.63, 3.8) is 0 Å². The van der Waals surface area contributed by atoms with Crippen molar-refractivity contribution in [2.24, 2.45) is 5.92 Å². The van der Waals surface area contributed by atoms with E-state index in [1.165, 1.54) is 71.0 Å². The predicted octanol–water partition coefficient (Wildman–Crippen LogP) is 3.42. The van der Waals surface area contributed by atoms with Gasteiger partial charge in [0, 0.05) is 18.6 Å². The molecule has 1 saturated heterocycles. The molecule has 2 nitrogen and oxygen atoms in total. The second-order valence-corrected chi connectivity index (χ2v) is 6.39. The van der Waals surface area contributed by atoms with Crippen molar-refractivity contribution >= 4 is 0 Å². The highest BCUT2D eigenvalue weighted by atomic mass is 15.2. The highest BCUT2D eigenvalue weighted by molar-refractivity contribution is 4.85. The van der Waals surface area contributed by atoms with Gasteiger partial charge in [0.1, 0.15) is 0 Å². The van der Waals surface area contributed by atoms with E-state index in [0.29, 0.717) is 0 Å².